The van der Waals surface area contributed by atoms with Crippen LogP contribution in [0.3, 0.4) is 0 Å². The van der Waals surface area contributed by atoms with E-state index in [9.17, 15) is 9.59 Å². The summed E-state index contributed by atoms with van der Waals surface area (Å²) in [4.78, 5) is 23.2. The molecule has 3 aliphatic rings. The summed E-state index contributed by atoms with van der Waals surface area (Å²) in [6.45, 7) is 11.1. The Labute approximate surface area is 229 Å². The molecule has 1 aromatic carbocycles. The van der Waals surface area contributed by atoms with Gasteiger partial charge in [-0.05, 0) is 18.1 Å². The van der Waals surface area contributed by atoms with E-state index < -0.39 is 42.5 Å². The summed E-state index contributed by atoms with van der Waals surface area (Å²) in [5, 5.41) is 0. The van der Waals surface area contributed by atoms with E-state index in [0.717, 1.165) is 5.56 Å². The highest BCUT2D eigenvalue weighted by atomic mass is 16.6. The van der Waals surface area contributed by atoms with Crippen molar-refractivity contribution in [1.29, 1.82) is 0 Å². The molecule has 39 heavy (non-hydrogen) atoms. The third kappa shape index (κ3) is 7.64. The Morgan fingerprint density at radius 3 is 2.54 bits per heavy atom. The molecule has 0 aliphatic carbocycles. The lowest BCUT2D eigenvalue weighted by molar-refractivity contribution is -0.297. The first-order chi connectivity index (χ1) is 18.9. The SMILES string of the molecule is C=C[C@H](OC(C)=O)[C@@H](COC(C)=O)O[C@H]1C[C@H]2O[C@H]3CC=CCO[C@@H]3[C@@H](OCc3ccccc3)[C@@H]2O[C@@H]1C=C. The molecule has 9 heteroatoms. The predicted molar refractivity (Wildman–Crippen MR) is 142 cm³/mol. The molecule has 3 aliphatic heterocycles. The van der Waals surface area contributed by atoms with Gasteiger partial charge < -0.3 is 33.2 Å². The molecule has 4 rings (SSSR count). The summed E-state index contributed by atoms with van der Waals surface area (Å²) < 4.78 is 42.7. The number of carbonyl (C=O) groups excluding carboxylic acids is 2. The average Bonchev–Trinajstić information content (AvgIpc) is 3.17. The van der Waals surface area contributed by atoms with Crippen LogP contribution in [0.5, 0.6) is 0 Å². The van der Waals surface area contributed by atoms with Crippen molar-refractivity contribution < 1.29 is 42.7 Å². The first-order valence-corrected chi connectivity index (χ1v) is 13.3. The van der Waals surface area contributed by atoms with Gasteiger partial charge in [0.15, 0.2) is 0 Å². The fourth-order valence-electron chi connectivity index (χ4n) is 5.23. The molecule has 1 aromatic rings. The summed E-state index contributed by atoms with van der Waals surface area (Å²) in [5.41, 5.74) is 1.05. The maximum Gasteiger partial charge on any atom is 0.303 e. The van der Waals surface area contributed by atoms with Crippen molar-refractivity contribution in [2.24, 2.45) is 0 Å². The number of hydrogen-bond acceptors (Lipinski definition) is 9. The summed E-state index contributed by atoms with van der Waals surface area (Å²) in [5.74, 6) is -0.978. The average molecular weight is 543 g/mol. The number of carbonyl (C=O) groups is 2. The van der Waals surface area contributed by atoms with E-state index in [-0.39, 0.29) is 31.0 Å². The molecule has 0 unspecified atom stereocenters. The van der Waals surface area contributed by atoms with Crippen molar-refractivity contribution in [2.45, 2.75) is 88.2 Å². The van der Waals surface area contributed by atoms with Crippen molar-refractivity contribution in [3.8, 4) is 0 Å². The first-order valence-electron chi connectivity index (χ1n) is 13.3. The van der Waals surface area contributed by atoms with Crippen LogP contribution in [0.15, 0.2) is 67.8 Å². The van der Waals surface area contributed by atoms with E-state index in [2.05, 4.69) is 19.2 Å². The summed E-state index contributed by atoms with van der Waals surface area (Å²) in [7, 11) is 0. The molecule has 3 heterocycles. The lowest BCUT2D eigenvalue weighted by atomic mass is 9.87. The smallest absolute Gasteiger partial charge is 0.303 e. The van der Waals surface area contributed by atoms with Gasteiger partial charge in [-0.1, -0.05) is 55.1 Å². The van der Waals surface area contributed by atoms with Crippen molar-refractivity contribution in [3.05, 3.63) is 73.4 Å². The molecule has 0 aromatic heterocycles. The fraction of sp³-hybridized carbons (Fsp3) is 0.533. The zero-order valence-electron chi connectivity index (χ0n) is 22.5. The highest BCUT2D eigenvalue weighted by Crippen LogP contribution is 2.38. The van der Waals surface area contributed by atoms with E-state index in [1.165, 1.54) is 19.9 Å². The van der Waals surface area contributed by atoms with Gasteiger partial charge >= 0.3 is 11.9 Å². The van der Waals surface area contributed by atoms with Gasteiger partial charge in [-0.25, -0.2) is 0 Å². The van der Waals surface area contributed by atoms with Crippen molar-refractivity contribution in [3.63, 3.8) is 0 Å². The van der Waals surface area contributed by atoms with Gasteiger partial charge in [0.1, 0.15) is 43.2 Å². The van der Waals surface area contributed by atoms with Gasteiger partial charge in [0.05, 0.1) is 31.5 Å². The maximum absolute atomic E-state index is 11.7. The minimum absolute atomic E-state index is 0.124. The van der Waals surface area contributed by atoms with Gasteiger partial charge in [-0.3, -0.25) is 9.59 Å². The van der Waals surface area contributed by atoms with Gasteiger partial charge in [0.2, 0.25) is 0 Å². The normalized spacial score (nSPS) is 31.5. The number of rotatable bonds is 11. The number of esters is 2. The van der Waals surface area contributed by atoms with E-state index >= 15 is 0 Å². The molecular weight excluding hydrogens is 504 g/mol. The van der Waals surface area contributed by atoms with Crippen LogP contribution in [0, 0.1) is 0 Å². The van der Waals surface area contributed by atoms with Crippen LogP contribution in [0.1, 0.15) is 32.3 Å². The standard InChI is InChI=1S/C30H38O9/c1-5-22-25(38-27(18-34-19(3)31)23(6-2)36-20(4)32)16-26-29(39-22)30(35-17-21-12-8-7-9-13-21)28-24(37-26)14-10-11-15-33-28/h5-13,22-30H,1-2,14-18H2,3-4H3/t22-,23+,24+,25+,26-,27-,28+,29-,30-/m1/s1. The Morgan fingerprint density at radius 1 is 1.05 bits per heavy atom. The molecule has 2 saturated heterocycles. The van der Waals surface area contributed by atoms with E-state index in [1.54, 1.807) is 6.08 Å². The van der Waals surface area contributed by atoms with Crippen LogP contribution in [0.25, 0.3) is 0 Å². The third-order valence-corrected chi connectivity index (χ3v) is 7.01. The first kappa shape index (κ1) is 29.2. The lowest BCUT2D eigenvalue weighted by Gasteiger charge is -2.51. The fourth-order valence-corrected chi connectivity index (χ4v) is 5.23. The monoisotopic (exact) mass is 542 g/mol. The number of fused-ring (bicyclic) bond motifs is 2. The van der Waals surface area contributed by atoms with Crippen LogP contribution in [0.4, 0.5) is 0 Å². The molecule has 0 amide bonds. The Morgan fingerprint density at radius 2 is 1.85 bits per heavy atom. The van der Waals surface area contributed by atoms with Crippen LogP contribution >= 0.6 is 0 Å². The molecule has 0 saturated carbocycles. The Balaban J connectivity index is 1.54. The predicted octanol–water partition coefficient (Wildman–Crippen LogP) is 3.46. The number of hydrogen-bond donors (Lipinski definition) is 0. The van der Waals surface area contributed by atoms with Gasteiger partial charge in [-0.15, -0.1) is 6.58 Å². The van der Waals surface area contributed by atoms with Crippen LogP contribution in [0.2, 0.25) is 0 Å². The molecule has 212 valence electrons. The zero-order chi connectivity index (χ0) is 27.8. The largest absolute Gasteiger partial charge is 0.463 e. The minimum Gasteiger partial charge on any atom is -0.463 e. The molecule has 0 bridgehead atoms. The van der Waals surface area contributed by atoms with Crippen molar-refractivity contribution >= 4 is 11.9 Å². The molecule has 9 nitrogen and oxygen atoms in total. The van der Waals surface area contributed by atoms with Gasteiger partial charge in [-0.2, -0.15) is 0 Å². The van der Waals surface area contributed by atoms with E-state index in [0.29, 0.717) is 26.1 Å². The molecule has 0 radical (unpaired) electrons. The van der Waals surface area contributed by atoms with E-state index in [1.807, 2.05) is 36.4 Å². The lowest BCUT2D eigenvalue weighted by Crippen LogP contribution is -2.64. The zero-order valence-corrected chi connectivity index (χ0v) is 22.5. The minimum atomic E-state index is -0.830. The Hall–Kier alpha value is -2.82. The molecule has 9 atom stereocenters. The summed E-state index contributed by atoms with van der Waals surface area (Å²) in [6, 6.07) is 9.96. The highest BCUT2D eigenvalue weighted by molar-refractivity contribution is 5.66. The molecular formula is C30H38O9. The number of benzene rings is 1. The van der Waals surface area contributed by atoms with Gasteiger partial charge in [0.25, 0.3) is 0 Å². The highest BCUT2D eigenvalue weighted by Gasteiger charge is 2.52. The van der Waals surface area contributed by atoms with Crippen LogP contribution < -0.4 is 0 Å². The Bertz CT molecular complexity index is 1010. The van der Waals surface area contributed by atoms with Crippen LogP contribution in [-0.4, -0.2) is 80.1 Å². The molecule has 0 spiro atoms. The quantitative estimate of drug-likeness (QED) is 0.308. The second-order valence-electron chi connectivity index (χ2n) is 9.84. The van der Waals surface area contributed by atoms with E-state index in [4.69, 9.17) is 33.2 Å². The molecule has 2 fully saturated rings. The van der Waals surface area contributed by atoms with Crippen molar-refractivity contribution in [2.75, 3.05) is 13.2 Å². The van der Waals surface area contributed by atoms with Crippen LogP contribution in [-0.2, 0) is 49.4 Å². The topological polar surface area (TPSA) is 98.8 Å². The van der Waals surface area contributed by atoms with Gasteiger partial charge in [0, 0.05) is 20.3 Å². The number of ether oxygens (including phenoxy) is 7. The molecule has 0 N–H and O–H groups in total. The Kier molecular flexibility index (Phi) is 10.5. The second-order valence-corrected chi connectivity index (χ2v) is 9.84. The summed E-state index contributed by atoms with van der Waals surface area (Å²) in [6.07, 6.45) is 3.98. The maximum atomic E-state index is 11.7. The summed E-state index contributed by atoms with van der Waals surface area (Å²) >= 11 is 0. The third-order valence-electron chi connectivity index (χ3n) is 7.01. The van der Waals surface area contributed by atoms with Crippen molar-refractivity contribution in [1.82, 2.24) is 0 Å². The second kappa shape index (κ2) is 14.0.